The molecule has 2 aromatic rings. The largest absolute Gasteiger partial charge is 0.480 e. The van der Waals surface area contributed by atoms with E-state index < -0.39 is 17.7 Å². The standard InChI is InChI=1S/C16H15FN2O4/c1-3-18-14(20)11-5-4-9(7-13(11)17)10-6-12(16(21)22)15(23-2)19-8-10/h4-8H,3H2,1-2H3,(H,18,20)(H,21,22). The monoisotopic (exact) mass is 318 g/mol. The van der Waals surface area contributed by atoms with Gasteiger partial charge in [0.15, 0.2) is 0 Å². The number of nitrogens with one attached hydrogen (secondary N) is 1. The van der Waals surface area contributed by atoms with E-state index in [9.17, 15) is 14.0 Å². The van der Waals surface area contributed by atoms with E-state index in [1.165, 1.54) is 37.6 Å². The Bertz CT molecular complexity index is 762. The van der Waals surface area contributed by atoms with Crippen LogP contribution in [0.2, 0.25) is 0 Å². The third kappa shape index (κ3) is 3.45. The van der Waals surface area contributed by atoms with Crippen molar-refractivity contribution in [1.82, 2.24) is 10.3 Å². The molecule has 1 heterocycles. The van der Waals surface area contributed by atoms with Gasteiger partial charge in [-0.15, -0.1) is 0 Å². The first kappa shape index (κ1) is 16.4. The molecular formula is C16H15FN2O4. The molecule has 0 unspecified atom stereocenters. The van der Waals surface area contributed by atoms with Gasteiger partial charge < -0.3 is 15.2 Å². The lowest BCUT2D eigenvalue weighted by molar-refractivity contribution is 0.0692. The predicted octanol–water partition coefficient (Wildman–Crippen LogP) is 2.34. The smallest absolute Gasteiger partial charge is 0.341 e. The number of amides is 1. The molecule has 0 bridgehead atoms. The third-order valence-electron chi connectivity index (χ3n) is 3.16. The zero-order chi connectivity index (χ0) is 17.0. The molecule has 23 heavy (non-hydrogen) atoms. The van der Waals surface area contributed by atoms with Crippen LogP contribution in [-0.2, 0) is 0 Å². The second-order valence-electron chi connectivity index (χ2n) is 4.64. The number of carbonyl (C=O) groups is 2. The fourth-order valence-electron chi connectivity index (χ4n) is 2.06. The topological polar surface area (TPSA) is 88.5 Å². The number of halogens is 1. The number of pyridine rings is 1. The number of rotatable bonds is 5. The lowest BCUT2D eigenvalue weighted by Gasteiger charge is -2.09. The van der Waals surface area contributed by atoms with Crippen LogP contribution in [0.5, 0.6) is 5.88 Å². The fraction of sp³-hybridized carbons (Fsp3) is 0.188. The average molecular weight is 318 g/mol. The van der Waals surface area contributed by atoms with Gasteiger partial charge in [0.05, 0.1) is 12.7 Å². The van der Waals surface area contributed by atoms with E-state index >= 15 is 0 Å². The summed E-state index contributed by atoms with van der Waals surface area (Å²) in [5.41, 5.74) is 0.617. The minimum atomic E-state index is -1.20. The molecule has 1 aromatic carbocycles. The van der Waals surface area contributed by atoms with Crippen molar-refractivity contribution in [3.8, 4) is 17.0 Å². The normalized spacial score (nSPS) is 10.2. The summed E-state index contributed by atoms with van der Waals surface area (Å²) >= 11 is 0. The van der Waals surface area contributed by atoms with Crippen LogP contribution < -0.4 is 10.1 Å². The van der Waals surface area contributed by atoms with E-state index in [1.807, 2.05) is 0 Å². The summed E-state index contributed by atoms with van der Waals surface area (Å²) < 4.78 is 19.0. The van der Waals surface area contributed by atoms with Gasteiger partial charge in [-0.1, -0.05) is 6.07 Å². The number of benzene rings is 1. The fourth-order valence-corrected chi connectivity index (χ4v) is 2.06. The number of ether oxygens (including phenoxy) is 1. The van der Waals surface area contributed by atoms with E-state index in [0.29, 0.717) is 17.7 Å². The molecule has 0 aliphatic carbocycles. The van der Waals surface area contributed by atoms with Gasteiger partial charge in [0.1, 0.15) is 11.4 Å². The Labute approximate surface area is 131 Å². The number of aromatic carboxylic acids is 1. The van der Waals surface area contributed by atoms with Crippen molar-refractivity contribution in [3.05, 3.63) is 47.4 Å². The summed E-state index contributed by atoms with van der Waals surface area (Å²) in [5, 5.41) is 11.7. The van der Waals surface area contributed by atoms with Gasteiger partial charge in [-0.2, -0.15) is 0 Å². The Kier molecular flexibility index (Phi) is 4.90. The summed E-state index contributed by atoms with van der Waals surface area (Å²) in [7, 11) is 1.31. The number of methoxy groups -OCH3 is 1. The predicted molar refractivity (Wildman–Crippen MR) is 81.1 cm³/mol. The average Bonchev–Trinajstić information content (AvgIpc) is 2.54. The Morgan fingerprint density at radius 2 is 2.00 bits per heavy atom. The second-order valence-corrected chi connectivity index (χ2v) is 4.64. The van der Waals surface area contributed by atoms with Gasteiger partial charge >= 0.3 is 5.97 Å². The van der Waals surface area contributed by atoms with Crippen LogP contribution in [-0.4, -0.2) is 35.6 Å². The van der Waals surface area contributed by atoms with Gasteiger partial charge in [0.25, 0.3) is 5.91 Å². The number of carboxylic acids is 1. The number of hydrogen-bond donors (Lipinski definition) is 2. The molecule has 2 rings (SSSR count). The maximum atomic E-state index is 14.1. The quantitative estimate of drug-likeness (QED) is 0.883. The molecule has 0 radical (unpaired) electrons. The second kappa shape index (κ2) is 6.87. The zero-order valence-electron chi connectivity index (χ0n) is 12.6. The summed E-state index contributed by atoms with van der Waals surface area (Å²) in [6, 6.07) is 5.39. The van der Waals surface area contributed by atoms with Crippen molar-refractivity contribution < 1.29 is 23.8 Å². The first-order valence-corrected chi connectivity index (χ1v) is 6.83. The van der Waals surface area contributed by atoms with Crippen molar-refractivity contribution in [2.24, 2.45) is 0 Å². The maximum Gasteiger partial charge on any atom is 0.341 e. The van der Waals surface area contributed by atoms with E-state index in [1.54, 1.807) is 6.92 Å². The molecule has 120 valence electrons. The van der Waals surface area contributed by atoms with Gasteiger partial charge in [-0.05, 0) is 30.7 Å². The molecule has 1 amide bonds. The summed E-state index contributed by atoms with van der Waals surface area (Å²) in [4.78, 5) is 26.8. The lowest BCUT2D eigenvalue weighted by Crippen LogP contribution is -2.23. The molecule has 6 nitrogen and oxygen atoms in total. The molecule has 1 aromatic heterocycles. The number of carbonyl (C=O) groups excluding carboxylic acids is 1. The number of nitrogens with zero attached hydrogens (tertiary/aromatic N) is 1. The van der Waals surface area contributed by atoms with Crippen LogP contribution in [0.15, 0.2) is 30.5 Å². The highest BCUT2D eigenvalue weighted by atomic mass is 19.1. The highest BCUT2D eigenvalue weighted by Gasteiger charge is 2.16. The highest BCUT2D eigenvalue weighted by Crippen LogP contribution is 2.26. The van der Waals surface area contributed by atoms with Crippen LogP contribution in [0, 0.1) is 5.82 Å². The van der Waals surface area contributed by atoms with Crippen LogP contribution in [0.3, 0.4) is 0 Å². The third-order valence-corrected chi connectivity index (χ3v) is 3.16. The van der Waals surface area contributed by atoms with Crippen LogP contribution in [0.25, 0.3) is 11.1 Å². The zero-order valence-corrected chi connectivity index (χ0v) is 12.6. The van der Waals surface area contributed by atoms with Gasteiger partial charge in [-0.25, -0.2) is 14.2 Å². The molecule has 0 fully saturated rings. The minimum absolute atomic E-state index is 0.0272. The van der Waals surface area contributed by atoms with Crippen molar-refractivity contribution in [1.29, 1.82) is 0 Å². The first-order chi connectivity index (χ1) is 11.0. The Morgan fingerprint density at radius 3 is 2.57 bits per heavy atom. The summed E-state index contributed by atoms with van der Waals surface area (Å²) in [5.74, 6) is -2.42. The van der Waals surface area contributed by atoms with Crippen LogP contribution in [0.4, 0.5) is 4.39 Å². The van der Waals surface area contributed by atoms with Gasteiger partial charge in [0, 0.05) is 18.3 Å². The van der Waals surface area contributed by atoms with E-state index in [4.69, 9.17) is 9.84 Å². The minimum Gasteiger partial charge on any atom is -0.480 e. The van der Waals surface area contributed by atoms with E-state index in [-0.39, 0.29) is 17.0 Å². The molecule has 0 saturated heterocycles. The van der Waals surface area contributed by atoms with Gasteiger partial charge in [-0.3, -0.25) is 4.79 Å². The molecule has 0 aliphatic rings. The molecule has 2 N–H and O–H groups in total. The molecule has 0 atom stereocenters. The lowest BCUT2D eigenvalue weighted by atomic mass is 10.0. The van der Waals surface area contributed by atoms with Crippen LogP contribution in [0.1, 0.15) is 27.6 Å². The van der Waals surface area contributed by atoms with Crippen molar-refractivity contribution in [2.45, 2.75) is 6.92 Å². The Hall–Kier alpha value is -2.96. The number of aromatic nitrogens is 1. The Balaban J connectivity index is 2.43. The molecule has 7 heteroatoms. The van der Waals surface area contributed by atoms with Gasteiger partial charge in [0.2, 0.25) is 5.88 Å². The first-order valence-electron chi connectivity index (χ1n) is 6.83. The Morgan fingerprint density at radius 1 is 1.26 bits per heavy atom. The SMILES string of the molecule is CCNC(=O)c1ccc(-c2cnc(OC)c(C(=O)O)c2)cc1F. The molecule has 0 aliphatic heterocycles. The van der Waals surface area contributed by atoms with Crippen molar-refractivity contribution in [2.75, 3.05) is 13.7 Å². The van der Waals surface area contributed by atoms with E-state index in [2.05, 4.69) is 10.3 Å². The van der Waals surface area contributed by atoms with Crippen molar-refractivity contribution >= 4 is 11.9 Å². The van der Waals surface area contributed by atoms with Crippen molar-refractivity contribution in [3.63, 3.8) is 0 Å². The number of hydrogen-bond acceptors (Lipinski definition) is 4. The van der Waals surface area contributed by atoms with Crippen LogP contribution >= 0.6 is 0 Å². The number of carboxylic acid groups (broad SMARTS) is 1. The molecular weight excluding hydrogens is 303 g/mol. The summed E-state index contributed by atoms with van der Waals surface area (Å²) in [6.07, 6.45) is 1.38. The maximum absolute atomic E-state index is 14.1. The van der Waals surface area contributed by atoms with E-state index in [0.717, 1.165) is 0 Å². The highest BCUT2D eigenvalue weighted by molar-refractivity contribution is 5.95. The molecule has 0 spiro atoms. The molecule has 0 saturated carbocycles. The summed E-state index contributed by atoms with van der Waals surface area (Å²) in [6.45, 7) is 2.13.